The van der Waals surface area contributed by atoms with E-state index in [1.165, 1.54) is 205 Å². The summed E-state index contributed by atoms with van der Waals surface area (Å²) in [5.74, 6) is -0.860. The maximum absolute atomic E-state index is 12.9. The summed E-state index contributed by atoms with van der Waals surface area (Å²) < 4.78 is 16.9. The van der Waals surface area contributed by atoms with E-state index in [4.69, 9.17) is 14.2 Å². The van der Waals surface area contributed by atoms with Crippen LogP contribution in [0.15, 0.2) is 85.1 Å². The van der Waals surface area contributed by atoms with E-state index >= 15 is 0 Å². The molecule has 0 heterocycles. The fourth-order valence-corrected chi connectivity index (χ4v) is 10.0. The van der Waals surface area contributed by atoms with E-state index in [9.17, 15) is 14.4 Å². The molecule has 0 aliphatic rings. The molecule has 6 heteroatoms. The Morgan fingerprint density at radius 2 is 0.487 bits per heavy atom. The molecule has 0 aromatic carbocycles. The quantitative estimate of drug-likeness (QED) is 0.0261. The molecular formula is C74H130O6. The number of hydrogen-bond acceptors (Lipinski definition) is 6. The van der Waals surface area contributed by atoms with Gasteiger partial charge in [0.05, 0.1) is 0 Å². The van der Waals surface area contributed by atoms with Gasteiger partial charge in [-0.25, -0.2) is 0 Å². The van der Waals surface area contributed by atoms with E-state index < -0.39 is 6.10 Å². The number of rotatable bonds is 63. The molecule has 0 radical (unpaired) electrons. The van der Waals surface area contributed by atoms with Crippen molar-refractivity contribution < 1.29 is 28.6 Å². The molecule has 0 rings (SSSR count). The Kier molecular flexibility index (Phi) is 65.2. The first kappa shape index (κ1) is 76.6. The van der Waals surface area contributed by atoms with Crippen LogP contribution < -0.4 is 0 Å². The minimum Gasteiger partial charge on any atom is -0.462 e. The summed E-state index contributed by atoms with van der Waals surface area (Å²) in [5, 5.41) is 0. The van der Waals surface area contributed by atoms with E-state index in [-0.39, 0.29) is 31.1 Å². The smallest absolute Gasteiger partial charge is 0.306 e. The van der Waals surface area contributed by atoms with Gasteiger partial charge in [0, 0.05) is 19.3 Å². The van der Waals surface area contributed by atoms with Gasteiger partial charge in [0.15, 0.2) is 6.10 Å². The van der Waals surface area contributed by atoms with E-state index in [0.29, 0.717) is 19.3 Å². The topological polar surface area (TPSA) is 78.9 Å². The second-order valence-electron chi connectivity index (χ2n) is 23.1. The molecule has 0 amide bonds. The molecule has 0 spiro atoms. The summed E-state index contributed by atoms with van der Waals surface area (Å²) in [5.41, 5.74) is 0. The zero-order valence-corrected chi connectivity index (χ0v) is 53.1. The summed E-state index contributed by atoms with van der Waals surface area (Å²) in [6.45, 7) is 6.53. The highest BCUT2D eigenvalue weighted by atomic mass is 16.6. The Labute approximate surface area is 496 Å². The molecule has 0 aliphatic heterocycles. The maximum atomic E-state index is 12.9. The van der Waals surface area contributed by atoms with Crippen LogP contribution in [-0.2, 0) is 28.6 Å². The van der Waals surface area contributed by atoms with Crippen molar-refractivity contribution in [2.24, 2.45) is 0 Å². The van der Waals surface area contributed by atoms with Crippen LogP contribution in [0.5, 0.6) is 0 Å². The number of allylic oxidation sites excluding steroid dienone is 14. The van der Waals surface area contributed by atoms with Crippen molar-refractivity contribution >= 4 is 17.9 Å². The van der Waals surface area contributed by atoms with Crippen LogP contribution >= 0.6 is 0 Å². The molecule has 0 aliphatic carbocycles. The van der Waals surface area contributed by atoms with Gasteiger partial charge in [-0.2, -0.15) is 0 Å². The second kappa shape index (κ2) is 68.1. The fraction of sp³-hybridized carbons (Fsp3) is 0.770. The molecule has 1 atom stereocenters. The predicted molar refractivity (Wildman–Crippen MR) is 348 cm³/mol. The predicted octanol–water partition coefficient (Wildman–Crippen LogP) is 23.8. The molecule has 0 aromatic rings. The van der Waals surface area contributed by atoms with E-state index in [1.807, 2.05) is 0 Å². The average Bonchev–Trinajstić information content (AvgIpc) is 3.46. The van der Waals surface area contributed by atoms with Gasteiger partial charge in [-0.1, -0.05) is 337 Å². The molecule has 462 valence electrons. The maximum Gasteiger partial charge on any atom is 0.306 e. The summed E-state index contributed by atoms with van der Waals surface area (Å²) in [6.07, 6.45) is 90.7. The standard InChI is InChI=1S/C74H130O6/c1-4-7-10-13-16-18-20-22-24-26-28-30-31-32-33-34-35-36-37-38-39-40-41-42-43-44-46-47-49-51-53-55-58-61-64-67-73(76)79-70-71(69-78-72(75)66-63-60-57-15-12-9-6-3)80-74(77)68-65-62-59-56-54-52-50-48-45-29-27-25-23-21-19-17-14-11-8-5-2/h7,10,16,18,22,24,28,30,32-33,35-36,38-39,71H,4-6,8-9,11-15,17,19-21,23,25-27,29,31,34,37,40-70H2,1-3H3/b10-7-,18-16-,24-22-,30-28-,33-32-,36-35-,39-38-. The van der Waals surface area contributed by atoms with Crippen LogP contribution in [0, 0.1) is 0 Å². The van der Waals surface area contributed by atoms with E-state index in [1.54, 1.807) is 0 Å². The first-order chi connectivity index (χ1) is 39.5. The first-order valence-electron chi connectivity index (χ1n) is 34.6. The average molecular weight is 1120 g/mol. The monoisotopic (exact) mass is 1110 g/mol. The third-order valence-electron chi connectivity index (χ3n) is 15.2. The Balaban J connectivity index is 4.04. The van der Waals surface area contributed by atoms with Gasteiger partial charge in [-0.3, -0.25) is 14.4 Å². The van der Waals surface area contributed by atoms with Crippen molar-refractivity contribution in [3.05, 3.63) is 85.1 Å². The first-order valence-corrected chi connectivity index (χ1v) is 34.6. The largest absolute Gasteiger partial charge is 0.462 e. The van der Waals surface area contributed by atoms with Gasteiger partial charge >= 0.3 is 17.9 Å². The zero-order valence-electron chi connectivity index (χ0n) is 53.1. The lowest BCUT2D eigenvalue weighted by atomic mass is 10.0. The van der Waals surface area contributed by atoms with Gasteiger partial charge in [-0.05, 0) is 77.0 Å². The number of carbonyl (C=O) groups excluding carboxylic acids is 3. The Morgan fingerprint density at radius 3 is 0.762 bits per heavy atom. The number of unbranched alkanes of at least 4 members (excludes halogenated alkanes) is 38. The highest BCUT2D eigenvalue weighted by molar-refractivity contribution is 5.71. The number of ether oxygens (including phenoxy) is 3. The molecule has 0 N–H and O–H groups in total. The van der Waals surface area contributed by atoms with Crippen molar-refractivity contribution in [2.45, 2.75) is 354 Å². The van der Waals surface area contributed by atoms with Crippen LogP contribution in [0.2, 0.25) is 0 Å². The van der Waals surface area contributed by atoms with Crippen LogP contribution in [-0.4, -0.2) is 37.2 Å². The Bertz CT molecular complexity index is 1520. The molecule has 0 aromatic heterocycles. The lowest BCUT2D eigenvalue weighted by Crippen LogP contribution is -2.30. The van der Waals surface area contributed by atoms with Gasteiger partial charge in [0.1, 0.15) is 13.2 Å². The Hall–Kier alpha value is -3.41. The summed E-state index contributed by atoms with van der Waals surface area (Å²) in [7, 11) is 0. The van der Waals surface area contributed by atoms with Crippen LogP contribution in [0.1, 0.15) is 348 Å². The van der Waals surface area contributed by atoms with Crippen molar-refractivity contribution in [2.75, 3.05) is 13.2 Å². The lowest BCUT2D eigenvalue weighted by Gasteiger charge is -2.18. The second-order valence-corrected chi connectivity index (χ2v) is 23.1. The zero-order chi connectivity index (χ0) is 57.8. The lowest BCUT2D eigenvalue weighted by molar-refractivity contribution is -0.167. The summed E-state index contributed by atoms with van der Waals surface area (Å²) in [6, 6.07) is 0. The summed E-state index contributed by atoms with van der Waals surface area (Å²) in [4.78, 5) is 38.1. The fourth-order valence-electron chi connectivity index (χ4n) is 10.0. The molecule has 0 fully saturated rings. The van der Waals surface area contributed by atoms with Gasteiger partial charge in [0.2, 0.25) is 0 Å². The summed E-state index contributed by atoms with van der Waals surface area (Å²) >= 11 is 0. The minimum atomic E-state index is -0.771. The van der Waals surface area contributed by atoms with Crippen molar-refractivity contribution in [3.8, 4) is 0 Å². The number of hydrogen-bond donors (Lipinski definition) is 0. The molecule has 1 unspecified atom stereocenters. The van der Waals surface area contributed by atoms with Gasteiger partial charge < -0.3 is 14.2 Å². The van der Waals surface area contributed by atoms with Crippen LogP contribution in [0.4, 0.5) is 0 Å². The highest BCUT2D eigenvalue weighted by Crippen LogP contribution is 2.18. The van der Waals surface area contributed by atoms with Crippen LogP contribution in [0.25, 0.3) is 0 Å². The van der Waals surface area contributed by atoms with Crippen molar-refractivity contribution in [3.63, 3.8) is 0 Å². The van der Waals surface area contributed by atoms with E-state index in [2.05, 4.69) is 106 Å². The SMILES string of the molecule is CC/C=C\C/C=C\C/C=C\C/C=C\C/C=C\C/C=C\C/C=C\CCCCCCCCCCCCCCCC(=O)OCC(COC(=O)CCCCCCCCC)OC(=O)CCCCCCCCCCCCCCCCCCCCCC. The normalized spacial score (nSPS) is 12.6. The van der Waals surface area contributed by atoms with Crippen LogP contribution in [0.3, 0.4) is 0 Å². The third kappa shape index (κ3) is 65.4. The molecule has 0 bridgehead atoms. The Morgan fingerprint density at radius 1 is 0.263 bits per heavy atom. The van der Waals surface area contributed by atoms with Crippen molar-refractivity contribution in [1.82, 2.24) is 0 Å². The molecular weight excluding hydrogens is 985 g/mol. The third-order valence-corrected chi connectivity index (χ3v) is 15.2. The van der Waals surface area contributed by atoms with Gasteiger partial charge in [-0.15, -0.1) is 0 Å². The molecule has 80 heavy (non-hydrogen) atoms. The molecule has 0 saturated carbocycles. The molecule has 0 saturated heterocycles. The van der Waals surface area contributed by atoms with Gasteiger partial charge in [0.25, 0.3) is 0 Å². The van der Waals surface area contributed by atoms with E-state index in [0.717, 1.165) is 103 Å². The number of esters is 3. The van der Waals surface area contributed by atoms with Crippen molar-refractivity contribution in [1.29, 1.82) is 0 Å². The molecule has 6 nitrogen and oxygen atoms in total. The minimum absolute atomic E-state index is 0.0707. The number of carbonyl (C=O) groups is 3. The highest BCUT2D eigenvalue weighted by Gasteiger charge is 2.19.